The first-order chi connectivity index (χ1) is 11.2. The Bertz CT molecular complexity index is 842. The monoisotopic (exact) mass is 341 g/mol. The van der Waals surface area contributed by atoms with Gasteiger partial charge in [-0.05, 0) is 22.9 Å². The SMILES string of the molecule is C=CCN1C(=O)/C(=C\c2c(OC)ccc3ccccc23)SC1=S. The van der Waals surface area contributed by atoms with Crippen molar-refractivity contribution in [3.8, 4) is 5.75 Å². The van der Waals surface area contributed by atoms with Crippen molar-refractivity contribution in [1.82, 2.24) is 4.90 Å². The molecule has 0 N–H and O–H groups in total. The van der Waals surface area contributed by atoms with E-state index in [1.165, 1.54) is 11.8 Å². The molecule has 0 atom stereocenters. The van der Waals surface area contributed by atoms with Crippen LogP contribution in [-0.4, -0.2) is 28.8 Å². The zero-order chi connectivity index (χ0) is 16.4. The van der Waals surface area contributed by atoms with Crippen LogP contribution in [0.3, 0.4) is 0 Å². The lowest BCUT2D eigenvalue weighted by atomic mass is 10.0. The molecule has 1 heterocycles. The maximum Gasteiger partial charge on any atom is 0.266 e. The zero-order valence-corrected chi connectivity index (χ0v) is 14.2. The van der Waals surface area contributed by atoms with Crippen LogP contribution in [0.25, 0.3) is 16.8 Å². The van der Waals surface area contributed by atoms with Gasteiger partial charge in [-0.1, -0.05) is 60.4 Å². The van der Waals surface area contributed by atoms with E-state index >= 15 is 0 Å². The van der Waals surface area contributed by atoms with E-state index in [-0.39, 0.29) is 5.91 Å². The largest absolute Gasteiger partial charge is 0.496 e. The van der Waals surface area contributed by atoms with Gasteiger partial charge in [0.25, 0.3) is 5.91 Å². The number of rotatable bonds is 4. The number of ether oxygens (including phenoxy) is 1. The number of hydrogen-bond acceptors (Lipinski definition) is 4. The third-order valence-corrected chi connectivity index (χ3v) is 4.99. The van der Waals surface area contributed by atoms with Crippen LogP contribution in [0.15, 0.2) is 54.0 Å². The van der Waals surface area contributed by atoms with Crippen molar-refractivity contribution >= 4 is 51.1 Å². The molecule has 0 bridgehead atoms. The molecule has 3 rings (SSSR count). The zero-order valence-electron chi connectivity index (χ0n) is 12.6. The fraction of sp³-hybridized carbons (Fsp3) is 0.111. The molecule has 0 radical (unpaired) electrons. The highest BCUT2D eigenvalue weighted by Crippen LogP contribution is 2.36. The van der Waals surface area contributed by atoms with E-state index in [9.17, 15) is 4.79 Å². The molecule has 0 aromatic heterocycles. The van der Waals surface area contributed by atoms with Crippen LogP contribution >= 0.6 is 24.0 Å². The number of nitrogens with zero attached hydrogens (tertiary/aromatic N) is 1. The highest BCUT2D eigenvalue weighted by Gasteiger charge is 2.31. The summed E-state index contributed by atoms with van der Waals surface area (Å²) in [5.74, 6) is 0.646. The maximum absolute atomic E-state index is 12.5. The summed E-state index contributed by atoms with van der Waals surface area (Å²) in [6.07, 6.45) is 3.54. The molecule has 2 aromatic carbocycles. The van der Waals surface area contributed by atoms with Gasteiger partial charge in [-0.15, -0.1) is 6.58 Å². The van der Waals surface area contributed by atoms with Crippen molar-refractivity contribution in [1.29, 1.82) is 0 Å². The summed E-state index contributed by atoms with van der Waals surface area (Å²) >= 11 is 6.59. The number of benzene rings is 2. The van der Waals surface area contributed by atoms with Gasteiger partial charge >= 0.3 is 0 Å². The van der Waals surface area contributed by atoms with Crippen LogP contribution in [0.5, 0.6) is 5.75 Å². The average Bonchev–Trinajstić information content (AvgIpc) is 2.83. The molecule has 1 aliphatic heterocycles. The van der Waals surface area contributed by atoms with E-state index in [1.54, 1.807) is 18.1 Å². The highest BCUT2D eigenvalue weighted by molar-refractivity contribution is 8.26. The minimum atomic E-state index is -0.0881. The molecule has 1 saturated heterocycles. The Hall–Kier alpha value is -2.11. The fourth-order valence-corrected chi connectivity index (χ4v) is 3.78. The molecule has 3 nitrogen and oxygen atoms in total. The van der Waals surface area contributed by atoms with Crippen LogP contribution in [0.2, 0.25) is 0 Å². The maximum atomic E-state index is 12.5. The number of methoxy groups -OCH3 is 1. The summed E-state index contributed by atoms with van der Waals surface area (Å²) in [5.41, 5.74) is 0.893. The lowest BCUT2D eigenvalue weighted by Gasteiger charge is -2.11. The van der Waals surface area contributed by atoms with Crippen molar-refractivity contribution in [2.75, 3.05) is 13.7 Å². The van der Waals surface area contributed by atoms with Crippen LogP contribution in [0.4, 0.5) is 0 Å². The minimum Gasteiger partial charge on any atom is -0.496 e. The molecule has 2 aromatic rings. The Morgan fingerprint density at radius 3 is 2.83 bits per heavy atom. The number of carbonyl (C=O) groups excluding carboxylic acids is 1. The standard InChI is InChI=1S/C18H15NO2S2/c1-3-10-19-17(20)16(23-18(19)22)11-14-13-7-5-4-6-12(13)8-9-15(14)21-2/h3-9,11H,1,10H2,2H3/b16-11+. The molecule has 0 aliphatic carbocycles. The Labute approximate surface area is 144 Å². The molecule has 23 heavy (non-hydrogen) atoms. The number of fused-ring (bicyclic) bond motifs is 1. The molecule has 0 unspecified atom stereocenters. The van der Waals surface area contributed by atoms with Gasteiger partial charge < -0.3 is 4.74 Å². The number of thioether (sulfide) groups is 1. The molecular weight excluding hydrogens is 326 g/mol. The average molecular weight is 341 g/mol. The fourth-order valence-electron chi connectivity index (χ4n) is 2.52. The molecule has 1 fully saturated rings. The van der Waals surface area contributed by atoms with Gasteiger partial charge in [0.05, 0.1) is 12.0 Å². The van der Waals surface area contributed by atoms with Gasteiger partial charge in [-0.2, -0.15) is 0 Å². The van der Waals surface area contributed by atoms with Gasteiger partial charge in [0.1, 0.15) is 10.1 Å². The number of thiocarbonyl (C=S) groups is 1. The van der Waals surface area contributed by atoms with Crippen LogP contribution in [0, 0.1) is 0 Å². The van der Waals surface area contributed by atoms with Crippen LogP contribution in [-0.2, 0) is 4.79 Å². The topological polar surface area (TPSA) is 29.5 Å². The van der Waals surface area contributed by atoms with E-state index in [1.807, 2.05) is 42.5 Å². The summed E-state index contributed by atoms with van der Waals surface area (Å²) in [4.78, 5) is 14.7. The normalized spacial score (nSPS) is 16.4. The van der Waals surface area contributed by atoms with Gasteiger partial charge in [0.2, 0.25) is 0 Å². The second kappa shape index (κ2) is 6.56. The third kappa shape index (κ3) is 2.90. The lowest BCUT2D eigenvalue weighted by molar-refractivity contribution is -0.121. The van der Waals surface area contributed by atoms with E-state index in [0.717, 1.165) is 22.1 Å². The van der Waals surface area contributed by atoms with Crippen molar-refractivity contribution in [3.63, 3.8) is 0 Å². The van der Waals surface area contributed by atoms with Crippen LogP contribution < -0.4 is 4.74 Å². The summed E-state index contributed by atoms with van der Waals surface area (Å²) in [7, 11) is 1.63. The molecule has 116 valence electrons. The first-order valence-electron chi connectivity index (χ1n) is 7.07. The van der Waals surface area contributed by atoms with E-state index in [0.29, 0.717) is 15.8 Å². The Morgan fingerprint density at radius 2 is 2.09 bits per heavy atom. The van der Waals surface area contributed by atoms with E-state index in [4.69, 9.17) is 17.0 Å². The van der Waals surface area contributed by atoms with Crippen molar-refractivity contribution in [3.05, 3.63) is 59.5 Å². The molecule has 1 aliphatic rings. The van der Waals surface area contributed by atoms with Gasteiger partial charge in [-0.25, -0.2) is 0 Å². The predicted molar refractivity (Wildman–Crippen MR) is 101 cm³/mol. The molecule has 5 heteroatoms. The molecular formula is C18H15NO2S2. The predicted octanol–water partition coefficient (Wildman–Crippen LogP) is 4.24. The quantitative estimate of drug-likeness (QED) is 0.473. The minimum absolute atomic E-state index is 0.0881. The van der Waals surface area contributed by atoms with Crippen molar-refractivity contribution in [2.45, 2.75) is 0 Å². The van der Waals surface area contributed by atoms with Crippen molar-refractivity contribution in [2.24, 2.45) is 0 Å². The smallest absolute Gasteiger partial charge is 0.266 e. The van der Waals surface area contributed by atoms with Gasteiger partial charge in [-0.3, -0.25) is 9.69 Å². The third-order valence-electron chi connectivity index (χ3n) is 3.61. The second-order valence-corrected chi connectivity index (χ2v) is 6.66. The number of hydrogen-bond donors (Lipinski definition) is 0. The molecule has 0 spiro atoms. The summed E-state index contributed by atoms with van der Waals surface area (Å²) in [6.45, 7) is 4.09. The van der Waals surface area contributed by atoms with E-state index in [2.05, 4.69) is 6.58 Å². The highest BCUT2D eigenvalue weighted by atomic mass is 32.2. The first kappa shape index (κ1) is 15.8. The second-order valence-electron chi connectivity index (χ2n) is 4.98. The lowest BCUT2D eigenvalue weighted by Crippen LogP contribution is -2.27. The van der Waals surface area contributed by atoms with Gasteiger partial charge in [0.15, 0.2) is 0 Å². The van der Waals surface area contributed by atoms with Crippen molar-refractivity contribution < 1.29 is 9.53 Å². The summed E-state index contributed by atoms with van der Waals surface area (Å²) < 4.78 is 6.03. The Balaban J connectivity index is 2.12. The summed E-state index contributed by atoms with van der Waals surface area (Å²) in [5, 5.41) is 2.14. The van der Waals surface area contributed by atoms with Crippen LogP contribution in [0.1, 0.15) is 5.56 Å². The molecule has 1 amide bonds. The Kier molecular flexibility index (Phi) is 4.50. The first-order valence-corrected chi connectivity index (χ1v) is 8.30. The number of carbonyl (C=O) groups is 1. The molecule has 0 saturated carbocycles. The Morgan fingerprint density at radius 1 is 1.30 bits per heavy atom. The number of amides is 1. The summed E-state index contributed by atoms with van der Waals surface area (Å²) in [6, 6.07) is 11.9. The van der Waals surface area contributed by atoms with E-state index < -0.39 is 0 Å². The van der Waals surface area contributed by atoms with Gasteiger partial charge in [0, 0.05) is 12.1 Å².